The molecule has 0 aliphatic rings. The molecule has 23 heavy (non-hydrogen) atoms. The van der Waals surface area contributed by atoms with Crippen molar-refractivity contribution < 1.29 is 14.3 Å². The second-order valence-corrected chi connectivity index (χ2v) is 5.20. The van der Waals surface area contributed by atoms with E-state index in [4.69, 9.17) is 21.1 Å². The SMILES string of the molecule is COc1cccc(OCCNC(=O)NCc2ccc(Cl)cc2)c1. The van der Waals surface area contributed by atoms with Gasteiger partial charge in [-0.3, -0.25) is 0 Å². The van der Waals surface area contributed by atoms with Crippen molar-refractivity contribution in [3.8, 4) is 11.5 Å². The highest BCUT2D eigenvalue weighted by Crippen LogP contribution is 2.18. The molecule has 0 heterocycles. The van der Waals surface area contributed by atoms with E-state index in [0.29, 0.717) is 30.5 Å². The maximum Gasteiger partial charge on any atom is 0.315 e. The molecule has 0 bridgehead atoms. The Balaban J connectivity index is 1.63. The fraction of sp³-hybridized carbons (Fsp3) is 0.235. The minimum Gasteiger partial charge on any atom is -0.497 e. The number of urea groups is 1. The molecule has 2 rings (SSSR count). The van der Waals surface area contributed by atoms with Crippen molar-refractivity contribution in [3.05, 3.63) is 59.1 Å². The lowest BCUT2D eigenvalue weighted by atomic mass is 10.2. The van der Waals surface area contributed by atoms with Gasteiger partial charge >= 0.3 is 6.03 Å². The summed E-state index contributed by atoms with van der Waals surface area (Å²) in [6.07, 6.45) is 0. The highest BCUT2D eigenvalue weighted by molar-refractivity contribution is 6.30. The molecule has 0 radical (unpaired) electrons. The molecule has 2 N–H and O–H groups in total. The third kappa shape index (κ3) is 6.08. The maximum absolute atomic E-state index is 11.7. The van der Waals surface area contributed by atoms with E-state index in [9.17, 15) is 4.79 Å². The number of hydrogen-bond acceptors (Lipinski definition) is 3. The number of halogens is 1. The molecule has 0 unspecified atom stereocenters. The molecule has 0 aliphatic carbocycles. The van der Waals surface area contributed by atoms with Gasteiger partial charge in [0.15, 0.2) is 0 Å². The summed E-state index contributed by atoms with van der Waals surface area (Å²) in [5.41, 5.74) is 0.984. The van der Waals surface area contributed by atoms with Crippen molar-refractivity contribution >= 4 is 17.6 Å². The van der Waals surface area contributed by atoms with E-state index in [-0.39, 0.29) is 6.03 Å². The Kier molecular flexibility index (Phi) is 6.56. The van der Waals surface area contributed by atoms with Gasteiger partial charge in [-0.1, -0.05) is 29.8 Å². The number of carbonyl (C=O) groups excluding carboxylic acids is 1. The summed E-state index contributed by atoms with van der Waals surface area (Å²) in [6, 6.07) is 14.4. The summed E-state index contributed by atoms with van der Waals surface area (Å²) in [4.78, 5) is 11.7. The molecule has 0 aliphatic heterocycles. The number of nitrogens with one attached hydrogen (secondary N) is 2. The van der Waals surface area contributed by atoms with Crippen molar-refractivity contribution in [3.63, 3.8) is 0 Å². The zero-order valence-electron chi connectivity index (χ0n) is 12.8. The Morgan fingerprint density at radius 3 is 2.57 bits per heavy atom. The van der Waals surface area contributed by atoms with Crippen LogP contribution < -0.4 is 20.1 Å². The molecular weight excluding hydrogens is 316 g/mol. The first-order chi connectivity index (χ1) is 11.2. The van der Waals surface area contributed by atoms with Crippen LogP contribution in [0.4, 0.5) is 4.79 Å². The molecule has 122 valence electrons. The van der Waals surface area contributed by atoms with Gasteiger partial charge in [0.1, 0.15) is 18.1 Å². The van der Waals surface area contributed by atoms with Crippen LogP contribution >= 0.6 is 11.6 Å². The lowest BCUT2D eigenvalue weighted by Gasteiger charge is -2.10. The second kappa shape index (κ2) is 8.90. The minimum atomic E-state index is -0.241. The summed E-state index contributed by atoms with van der Waals surface area (Å²) in [7, 11) is 1.60. The van der Waals surface area contributed by atoms with Crippen LogP contribution in [0.15, 0.2) is 48.5 Å². The zero-order chi connectivity index (χ0) is 16.5. The monoisotopic (exact) mass is 334 g/mol. The van der Waals surface area contributed by atoms with Gasteiger partial charge in [0.2, 0.25) is 0 Å². The van der Waals surface area contributed by atoms with Crippen molar-refractivity contribution in [1.82, 2.24) is 10.6 Å². The third-order valence-corrected chi connectivity index (χ3v) is 3.32. The average Bonchev–Trinajstić information content (AvgIpc) is 2.58. The summed E-state index contributed by atoms with van der Waals surface area (Å²) in [6.45, 7) is 1.23. The predicted octanol–water partition coefficient (Wildman–Crippen LogP) is 3.23. The van der Waals surface area contributed by atoms with E-state index < -0.39 is 0 Å². The number of rotatable bonds is 7. The number of ether oxygens (including phenoxy) is 2. The van der Waals surface area contributed by atoms with E-state index >= 15 is 0 Å². The molecule has 0 atom stereocenters. The standard InChI is InChI=1S/C17H19ClN2O3/c1-22-15-3-2-4-16(11-15)23-10-9-19-17(21)20-12-13-5-7-14(18)8-6-13/h2-8,11H,9-10,12H2,1H3,(H2,19,20,21). The smallest absolute Gasteiger partial charge is 0.315 e. The van der Waals surface area contributed by atoms with E-state index in [1.54, 1.807) is 25.3 Å². The number of amides is 2. The number of carbonyl (C=O) groups is 1. The van der Waals surface area contributed by atoms with Crippen molar-refractivity contribution in [1.29, 1.82) is 0 Å². The van der Waals surface area contributed by atoms with Crippen LogP contribution in [-0.2, 0) is 6.54 Å². The Morgan fingerprint density at radius 2 is 1.83 bits per heavy atom. The molecule has 0 aromatic heterocycles. The van der Waals surface area contributed by atoms with Gasteiger partial charge in [-0.15, -0.1) is 0 Å². The highest BCUT2D eigenvalue weighted by Gasteiger charge is 2.01. The molecule has 5 nitrogen and oxygen atoms in total. The van der Waals surface area contributed by atoms with Gasteiger partial charge in [-0.25, -0.2) is 4.79 Å². The summed E-state index contributed by atoms with van der Waals surface area (Å²) < 4.78 is 10.7. The first-order valence-corrected chi connectivity index (χ1v) is 7.58. The number of benzene rings is 2. The largest absolute Gasteiger partial charge is 0.497 e. The Hall–Kier alpha value is -2.40. The summed E-state index contributed by atoms with van der Waals surface area (Å²) in [5.74, 6) is 1.43. The molecular formula is C17H19ClN2O3. The fourth-order valence-corrected chi connectivity index (χ4v) is 2.00. The van der Waals surface area contributed by atoms with Crippen LogP contribution in [0, 0.1) is 0 Å². The molecule has 0 saturated carbocycles. The highest BCUT2D eigenvalue weighted by atomic mass is 35.5. The Bertz CT molecular complexity index is 632. The normalized spacial score (nSPS) is 10.0. The van der Waals surface area contributed by atoms with E-state index in [1.165, 1.54) is 0 Å². The molecule has 2 aromatic carbocycles. The minimum absolute atomic E-state index is 0.241. The maximum atomic E-state index is 11.7. The predicted molar refractivity (Wildman–Crippen MR) is 90.2 cm³/mol. The van der Waals surface area contributed by atoms with Gasteiger partial charge < -0.3 is 20.1 Å². The lowest BCUT2D eigenvalue weighted by molar-refractivity contribution is 0.236. The lowest BCUT2D eigenvalue weighted by Crippen LogP contribution is -2.37. The number of hydrogen-bond donors (Lipinski definition) is 2. The summed E-state index contributed by atoms with van der Waals surface area (Å²) >= 11 is 5.81. The molecule has 0 spiro atoms. The van der Waals surface area contributed by atoms with Gasteiger partial charge in [0.25, 0.3) is 0 Å². The van der Waals surface area contributed by atoms with Gasteiger partial charge in [0.05, 0.1) is 13.7 Å². The first kappa shape index (κ1) is 17.0. The number of methoxy groups -OCH3 is 1. The van der Waals surface area contributed by atoms with Crippen LogP contribution in [0.2, 0.25) is 5.02 Å². The van der Waals surface area contributed by atoms with Crippen molar-refractivity contribution in [2.75, 3.05) is 20.3 Å². The first-order valence-electron chi connectivity index (χ1n) is 7.20. The average molecular weight is 335 g/mol. The molecule has 0 fully saturated rings. The topological polar surface area (TPSA) is 59.6 Å². The molecule has 2 aromatic rings. The van der Waals surface area contributed by atoms with Gasteiger partial charge in [-0.2, -0.15) is 0 Å². The van der Waals surface area contributed by atoms with Crippen LogP contribution in [0.1, 0.15) is 5.56 Å². The quantitative estimate of drug-likeness (QED) is 0.764. The van der Waals surface area contributed by atoms with E-state index in [2.05, 4.69) is 10.6 Å². The van der Waals surface area contributed by atoms with Gasteiger partial charge in [0, 0.05) is 17.6 Å². The van der Waals surface area contributed by atoms with Crippen LogP contribution in [0.25, 0.3) is 0 Å². The second-order valence-electron chi connectivity index (χ2n) is 4.76. The molecule has 0 saturated heterocycles. The van der Waals surface area contributed by atoms with E-state index in [1.807, 2.05) is 30.3 Å². The van der Waals surface area contributed by atoms with E-state index in [0.717, 1.165) is 11.3 Å². The Morgan fingerprint density at radius 1 is 1.09 bits per heavy atom. The fourth-order valence-electron chi connectivity index (χ4n) is 1.87. The molecule has 2 amide bonds. The van der Waals surface area contributed by atoms with Crippen LogP contribution in [-0.4, -0.2) is 26.3 Å². The molecule has 6 heteroatoms. The van der Waals surface area contributed by atoms with Crippen LogP contribution in [0.5, 0.6) is 11.5 Å². The third-order valence-electron chi connectivity index (χ3n) is 3.06. The van der Waals surface area contributed by atoms with Crippen molar-refractivity contribution in [2.24, 2.45) is 0 Å². The Labute approximate surface area is 140 Å². The van der Waals surface area contributed by atoms with Crippen molar-refractivity contribution in [2.45, 2.75) is 6.54 Å². The van der Waals surface area contributed by atoms with Gasteiger partial charge in [-0.05, 0) is 29.8 Å². The zero-order valence-corrected chi connectivity index (χ0v) is 13.6. The summed E-state index contributed by atoms with van der Waals surface area (Å²) in [5, 5.41) is 6.17. The van der Waals surface area contributed by atoms with Crippen LogP contribution in [0.3, 0.4) is 0 Å².